The smallest absolute Gasteiger partial charge is 0.267 e. The number of para-hydroxylation sites is 2. The van der Waals surface area contributed by atoms with Crippen molar-refractivity contribution in [1.82, 2.24) is 4.98 Å². The van der Waals surface area contributed by atoms with Gasteiger partial charge >= 0.3 is 0 Å². The maximum Gasteiger partial charge on any atom is 0.267 e. The monoisotopic (exact) mass is 276 g/mol. The fourth-order valence-corrected chi connectivity index (χ4v) is 2.59. The van der Waals surface area contributed by atoms with Crippen LogP contribution in [0.15, 0.2) is 24.3 Å². The van der Waals surface area contributed by atoms with E-state index in [2.05, 4.69) is 10.3 Å². The predicted molar refractivity (Wildman–Crippen MR) is 77.2 cm³/mol. The Labute approximate surface area is 116 Å². The van der Waals surface area contributed by atoms with E-state index in [4.69, 9.17) is 4.74 Å². The molecule has 1 heterocycles. The zero-order valence-electron chi connectivity index (χ0n) is 11.2. The van der Waals surface area contributed by atoms with Crippen LogP contribution >= 0.6 is 11.3 Å². The highest BCUT2D eigenvalue weighted by molar-refractivity contribution is 7.13. The highest BCUT2D eigenvalue weighted by atomic mass is 32.1. The summed E-state index contributed by atoms with van der Waals surface area (Å²) in [5.41, 5.74) is 1.44. The Morgan fingerprint density at radius 1 is 1.37 bits per heavy atom. The molecule has 0 bridgehead atoms. The van der Waals surface area contributed by atoms with Crippen LogP contribution in [-0.2, 0) is 0 Å². The number of benzene rings is 1. The van der Waals surface area contributed by atoms with Crippen molar-refractivity contribution in [3.8, 4) is 5.75 Å². The lowest BCUT2D eigenvalue weighted by molar-refractivity contribution is 0.102. The fourth-order valence-electron chi connectivity index (χ4n) is 1.77. The maximum absolute atomic E-state index is 12.2. The number of aromatic nitrogens is 1. The Kier molecular flexibility index (Phi) is 4.16. The van der Waals surface area contributed by atoms with E-state index < -0.39 is 0 Å². The molecule has 0 radical (unpaired) electrons. The molecule has 2 rings (SSSR count). The minimum Gasteiger partial charge on any atom is -0.492 e. The first-order chi connectivity index (χ1) is 9.11. The molecule has 0 saturated heterocycles. The van der Waals surface area contributed by atoms with Gasteiger partial charge < -0.3 is 10.1 Å². The van der Waals surface area contributed by atoms with Gasteiger partial charge in [-0.2, -0.15) is 0 Å². The first-order valence-electron chi connectivity index (χ1n) is 6.09. The van der Waals surface area contributed by atoms with Crippen molar-refractivity contribution in [2.45, 2.75) is 20.8 Å². The lowest BCUT2D eigenvalue weighted by atomic mass is 10.2. The number of nitrogens with zero attached hydrogens (tertiary/aromatic N) is 1. The number of thiazole rings is 1. The van der Waals surface area contributed by atoms with Crippen molar-refractivity contribution in [3.05, 3.63) is 39.8 Å². The van der Waals surface area contributed by atoms with Crippen LogP contribution in [0.2, 0.25) is 0 Å². The summed E-state index contributed by atoms with van der Waals surface area (Å²) in [6, 6.07) is 7.40. The molecular formula is C14H16N2O2S. The normalized spacial score (nSPS) is 10.3. The highest BCUT2D eigenvalue weighted by Crippen LogP contribution is 2.25. The zero-order valence-corrected chi connectivity index (χ0v) is 12.0. The number of nitrogens with one attached hydrogen (secondary N) is 1. The molecule has 0 aliphatic carbocycles. The lowest BCUT2D eigenvalue weighted by Gasteiger charge is -2.10. The Hall–Kier alpha value is -1.88. The van der Waals surface area contributed by atoms with Crippen LogP contribution in [0.5, 0.6) is 5.75 Å². The number of amides is 1. The van der Waals surface area contributed by atoms with E-state index >= 15 is 0 Å². The average molecular weight is 276 g/mol. The van der Waals surface area contributed by atoms with Crippen molar-refractivity contribution in [2.75, 3.05) is 11.9 Å². The SMILES string of the molecule is CCOc1ccccc1NC(=O)c1sc(C)nc1C. The summed E-state index contributed by atoms with van der Waals surface area (Å²) in [6.45, 7) is 6.20. The fraction of sp³-hybridized carbons (Fsp3) is 0.286. The zero-order chi connectivity index (χ0) is 13.8. The van der Waals surface area contributed by atoms with Gasteiger partial charge in [0.05, 0.1) is 23.0 Å². The number of aryl methyl sites for hydroxylation is 2. The summed E-state index contributed by atoms with van der Waals surface area (Å²) in [5, 5.41) is 3.76. The van der Waals surface area contributed by atoms with E-state index in [0.717, 1.165) is 10.7 Å². The van der Waals surface area contributed by atoms with Crippen LogP contribution in [0.1, 0.15) is 27.3 Å². The quantitative estimate of drug-likeness (QED) is 0.931. The van der Waals surface area contributed by atoms with Crippen molar-refractivity contribution in [3.63, 3.8) is 0 Å². The predicted octanol–water partition coefficient (Wildman–Crippen LogP) is 3.41. The molecule has 0 unspecified atom stereocenters. The van der Waals surface area contributed by atoms with E-state index in [0.29, 0.717) is 22.9 Å². The summed E-state index contributed by atoms with van der Waals surface area (Å²) in [5.74, 6) is 0.535. The molecule has 100 valence electrons. The number of hydrogen-bond acceptors (Lipinski definition) is 4. The number of anilines is 1. The molecule has 1 N–H and O–H groups in total. The molecule has 0 fully saturated rings. The number of carbonyl (C=O) groups excluding carboxylic acids is 1. The molecule has 0 aliphatic rings. The van der Waals surface area contributed by atoms with Gasteiger partial charge in [0.2, 0.25) is 0 Å². The molecule has 0 spiro atoms. The second-order valence-electron chi connectivity index (χ2n) is 4.03. The summed E-state index contributed by atoms with van der Waals surface area (Å²) < 4.78 is 5.48. The lowest BCUT2D eigenvalue weighted by Crippen LogP contribution is -2.12. The molecule has 1 aromatic heterocycles. The summed E-state index contributed by atoms with van der Waals surface area (Å²) in [7, 11) is 0. The molecule has 0 saturated carbocycles. The van der Waals surface area contributed by atoms with Crippen LogP contribution in [-0.4, -0.2) is 17.5 Å². The Morgan fingerprint density at radius 3 is 2.74 bits per heavy atom. The van der Waals surface area contributed by atoms with Gasteiger partial charge in [-0.3, -0.25) is 4.79 Å². The minimum absolute atomic E-state index is 0.143. The molecule has 4 nitrogen and oxygen atoms in total. The minimum atomic E-state index is -0.143. The van der Waals surface area contributed by atoms with Gasteiger partial charge in [0.15, 0.2) is 0 Å². The van der Waals surface area contributed by atoms with Gasteiger partial charge in [-0.25, -0.2) is 4.98 Å². The number of ether oxygens (including phenoxy) is 1. The van der Waals surface area contributed by atoms with E-state index in [1.54, 1.807) is 0 Å². The topological polar surface area (TPSA) is 51.2 Å². The third kappa shape index (κ3) is 3.12. The van der Waals surface area contributed by atoms with E-state index in [1.165, 1.54) is 11.3 Å². The van der Waals surface area contributed by atoms with Gasteiger partial charge in [0.25, 0.3) is 5.91 Å². The summed E-state index contributed by atoms with van der Waals surface area (Å²) in [6.07, 6.45) is 0. The van der Waals surface area contributed by atoms with Crippen LogP contribution < -0.4 is 10.1 Å². The third-order valence-corrected chi connectivity index (χ3v) is 3.62. The van der Waals surface area contributed by atoms with Gasteiger partial charge in [-0.15, -0.1) is 11.3 Å². The van der Waals surface area contributed by atoms with Crippen molar-refractivity contribution in [1.29, 1.82) is 0 Å². The van der Waals surface area contributed by atoms with E-state index in [1.807, 2.05) is 45.0 Å². The highest BCUT2D eigenvalue weighted by Gasteiger charge is 2.15. The molecule has 5 heteroatoms. The average Bonchev–Trinajstić information content (AvgIpc) is 2.71. The molecule has 0 atom stereocenters. The van der Waals surface area contributed by atoms with Crippen molar-refractivity contribution < 1.29 is 9.53 Å². The first kappa shape index (κ1) is 13.5. The second kappa shape index (κ2) is 5.84. The first-order valence-corrected chi connectivity index (χ1v) is 6.90. The van der Waals surface area contributed by atoms with Gasteiger partial charge in [-0.1, -0.05) is 12.1 Å². The Morgan fingerprint density at radius 2 is 2.11 bits per heavy atom. The molecule has 1 aromatic carbocycles. The van der Waals surface area contributed by atoms with Crippen molar-refractivity contribution in [2.24, 2.45) is 0 Å². The van der Waals surface area contributed by atoms with Gasteiger partial charge in [0.1, 0.15) is 10.6 Å². The van der Waals surface area contributed by atoms with E-state index in [-0.39, 0.29) is 5.91 Å². The third-order valence-electron chi connectivity index (χ3n) is 2.54. The van der Waals surface area contributed by atoms with Crippen LogP contribution in [0.3, 0.4) is 0 Å². The number of carbonyl (C=O) groups is 1. The molecule has 19 heavy (non-hydrogen) atoms. The molecular weight excluding hydrogens is 260 g/mol. The van der Waals surface area contributed by atoms with Gasteiger partial charge in [-0.05, 0) is 32.9 Å². The van der Waals surface area contributed by atoms with Crippen LogP contribution in [0.4, 0.5) is 5.69 Å². The number of hydrogen-bond donors (Lipinski definition) is 1. The standard InChI is InChI=1S/C14H16N2O2S/c1-4-18-12-8-6-5-7-11(12)16-14(17)13-9(2)15-10(3)19-13/h5-8H,4H2,1-3H3,(H,16,17). The molecule has 0 aliphatic heterocycles. The van der Waals surface area contributed by atoms with Crippen LogP contribution in [0.25, 0.3) is 0 Å². The number of rotatable bonds is 4. The summed E-state index contributed by atoms with van der Waals surface area (Å²) >= 11 is 1.40. The van der Waals surface area contributed by atoms with Crippen molar-refractivity contribution >= 4 is 22.9 Å². The summed E-state index contributed by atoms with van der Waals surface area (Å²) in [4.78, 5) is 17.1. The Bertz CT molecular complexity index is 593. The maximum atomic E-state index is 12.2. The van der Waals surface area contributed by atoms with E-state index in [9.17, 15) is 4.79 Å². The largest absolute Gasteiger partial charge is 0.492 e. The molecule has 2 aromatic rings. The van der Waals surface area contributed by atoms with Crippen LogP contribution in [0, 0.1) is 13.8 Å². The second-order valence-corrected chi connectivity index (χ2v) is 5.23. The molecule has 1 amide bonds. The van der Waals surface area contributed by atoms with Gasteiger partial charge in [0, 0.05) is 0 Å². The Balaban J connectivity index is 2.21.